The fraction of sp³-hybridized carbons (Fsp3) is 0.105. The summed E-state index contributed by atoms with van der Waals surface area (Å²) in [4.78, 5) is 12.2. The fourth-order valence-electron chi connectivity index (χ4n) is 2.43. The van der Waals surface area contributed by atoms with Gasteiger partial charge in [0.1, 0.15) is 5.75 Å². The van der Waals surface area contributed by atoms with Crippen molar-refractivity contribution in [1.82, 2.24) is 14.8 Å². The van der Waals surface area contributed by atoms with E-state index in [0.29, 0.717) is 33.8 Å². The number of benzene rings is 2. The van der Waals surface area contributed by atoms with Crippen LogP contribution in [0.1, 0.15) is 0 Å². The summed E-state index contributed by atoms with van der Waals surface area (Å²) >= 11 is 7.30. The number of thioether (sulfide) groups is 1. The molecule has 3 aromatic rings. The predicted molar refractivity (Wildman–Crippen MR) is 108 cm³/mol. The van der Waals surface area contributed by atoms with Crippen LogP contribution in [0.15, 0.2) is 66.3 Å². The molecule has 0 bridgehead atoms. The Morgan fingerprint density at radius 2 is 1.96 bits per heavy atom. The monoisotopic (exact) mass is 400 g/mol. The number of aromatic nitrogens is 3. The molecule has 0 saturated carbocycles. The summed E-state index contributed by atoms with van der Waals surface area (Å²) in [6.07, 6.45) is 1.71. The van der Waals surface area contributed by atoms with E-state index in [4.69, 9.17) is 11.6 Å². The van der Waals surface area contributed by atoms with Crippen LogP contribution in [0.25, 0.3) is 11.4 Å². The number of para-hydroxylation sites is 2. The van der Waals surface area contributed by atoms with E-state index in [9.17, 15) is 9.90 Å². The smallest absolute Gasteiger partial charge is 0.234 e. The standard InChI is InChI=1S/C19H17ClN4O2S/c1-2-11-24-18(13-7-3-6-10-16(13)25)22-23-19(24)27-12-17(26)21-15-9-5-4-8-14(15)20/h2-10,25H,1,11-12H2,(H,21,26). The lowest BCUT2D eigenvalue weighted by molar-refractivity contribution is -0.113. The summed E-state index contributed by atoms with van der Waals surface area (Å²) < 4.78 is 1.80. The molecule has 6 nitrogen and oxygen atoms in total. The highest BCUT2D eigenvalue weighted by atomic mass is 35.5. The average Bonchev–Trinajstić information content (AvgIpc) is 3.05. The Kier molecular flexibility index (Phi) is 6.16. The number of hydrogen-bond acceptors (Lipinski definition) is 5. The Morgan fingerprint density at radius 3 is 2.70 bits per heavy atom. The van der Waals surface area contributed by atoms with Crippen molar-refractivity contribution in [2.75, 3.05) is 11.1 Å². The molecule has 0 radical (unpaired) electrons. The molecule has 0 aliphatic rings. The molecule has 0 atom stereocenters. The van der Waals surface area contributed by atoms with Crippen molar-refractivity contribution in [1.29, 1.82) is 0 Å². The predicted octanol–water partition coefficient (Wildman–Crippen LogP) is 4.22. The van der Waals surface area contributed by atoms with Gasteiger partial charge in [-0.3, -0.25) is 9.36 Å². The third kappa shape index (κ3) is 4.50. The number of halogens is 1. The molecule has 2 N–H and O–H groups in total. The highest BCUT2D eigenvalue weighted by Gasteiger charge is 2.17. The zero-order chi connectivity index (χ0) is 19.2. The number of phenols is 1. The number of phenolic OH excluding ortho intramolecular Hbond substituents is 1. The maximum Gasteiger partial charge on any atom is 0.234 e. The zero-order valence-corrected chi connectivity index (χ0v) is 15.9. The van der Waals surface area contributed by atoms with E-state index in [1.807, 2.05) is 6.07 Å². The fourth-order valence-corrected chi connectivity index (χ4v) is 3.36. The highest BCUT2D eigenvalue weighted by molar-refractivity contribution is 7.99. The van der Waals surface area contributed by atoms with Crippen LogP contribution in [0.5, 0.6) is 5.75 Å². The number of anilines is 1. The van der Waals surface area contributed by atoms with Gasteiger partial charge in [-0.05, 0) is 24.3 Å². The number of carbonyl (C=O) groups is 1. The molecule has 2 aromatic carbocycles. The number of rotatable bonds is 7. The van der Waals surface area contributed by atoms with Gasteiger partial charge in [-0.2, -0.15) is 0 Å². The van der Waals surface area contributed by atoms with E-state index in [2.05, 4.69) is 22.1 Å². The van der Waals surface area contributed by atoms with Gasteiger partial charge >= 0.3 is 0 Å². The lowest BCUT2D eigenvalue weighted by Crippen LogP contribution is -2.15. The Morgan fingerprint density at radius 1 is 1.22 bits per heavy atom. The minimum atomic E-state index is -0.203. The summed E-state index contributed by atoms with van der Waals surface area (Å²) in [6, 6.07) is 13.9. The van der Waals surface area contributed by atoms with Crippen molar-refractivity contribution >= 4 is 35.0 Å². The lowest BCUT2D eigenvalue weighted by atomic mass is 10.2. The normalized spacial score (nSPS) is 10.6. The molecule has 1 amide bonds. The van der Waals surface area contributed by atoms with Gasteiger partial charge in [0.05, 0.1) is 22.0 Å². The maximum absolute atomic E-state index is 12.2. The summed E-state index contributed by atoms with van der Waals surface area (Å²) in [5.74, 6) is 0.567. The first-order valence-corrected chi connectivity index (χ1v) is 9.46. The van der Waals surface area contributed by atoms with E-state index in [0.717, 1.165) is 0 Å². The molecule has 1 heterocycles. The van der Waals surface area contributed by atoms with Crippen molar-refractivity contribution < 1.29 is 9.90 Å². The molecule has 0 spiro atoms. The quantitative estimate of drug-likeness (QED) is 0.458. The third-order valence-corrected chi connectivity index (χ3v) is 4.95. The number of nitrogens with zero attached hydrogens (tertiary/aromatic N) is 3. The average molecular weight is 401 g/mol. The number of aromatic hydroxyl groups is 1. The molecule has 27 heavy (non-hydrogen) atoms. The third-order valence-electron chi connectivity index (χ3n) is 3.65. The topological polar surface area (TPSA) is 80.0 Å². The molecule has 0 aliphatic carbocycles. The first-order chi connectivity index (χ1) is 13.1. The number of allylic oxidation sites excluding steroid dienone is 1. The van der Waals surface area contributed by atoms with Crippen LogP contribution in [0.4, 0.5) is 5.69 Å². The summed E-state index contributed by atoms with van der Waals surface area (Å²) in [7, 11) is 0. The molecule has 3 rings (SSSR count). The minimum absolute atomic E-state index is 0.114. The molecule has 8 heteroatoms. The van der Waals surface area contributed by atoms with Crippen molar-refractivity contribution in [2.24, 2.45) is 0 Å². The number of nitrogens with one attached hydrogen (secondary N) is 1. The second-order valence-corrected chi connectivity index (χ2v) is 6.89. The first-order valence-electron chi connectivity index (χ1n) is 8.09. The van der Waals surface area contributed by atoms with Crippen molar-refractivity contribution in [3.8, 4) is 17.1 Å². The summed E-state index contributed by atoms with van der Waals surface area (Å²) in [6.45, 7) is 4.20. The minimum Gasteiger partial charge on any atom is -0.507 e. The van der Waals surface area contributed by atoms with Gasteiger partial charge in [0.2, 0.25) is 5.91 Å². The van der Waals surface area contributed by atoms with Gasteiger partial charge in [0, 0.05) is 6.54 Å². The highest BCUT2D eigenvalue weighted by Crippen LogP contribution is 2.30. The van der Waals surface area contributed by atoms with E-state index >= 15 is 0 Å². The van der Waals surface area contributed by atoms with E-state index < -0.39 is 0 Å². The van der Waals surface area contributed by atoms with Crippen LogP contribution in [0.3, 0.4) is 0 Å². The number of carbonyl (C=O) groups excluding carboxylic acids is 1. The van der Waals surface area contributed by atoms with Crippen LogP contribution < -0.4 is 5.32 Å². The van der Waals surface area contributed by atoms with Crippen LogP contribution in [-0.4, -0.2) is 31.5 Å². The van der Waals surface area contributed by atoms with Crippen LogP contribution in [0, 0.1) is 0 Å². The molecule has 0 unspecified atom stereocenters. The zero-order valence-electron chi connectivity index (χ0n) is 14.3. The Balaban J connectivity index is 1.75. The van der Waals surface area contributed by atoms with Gasteiger partial charge in [-0.1, -0.05) is 53.7 Å². The first kappa shape index (κ1) is 19.0. The lowest BCUT2D eigenvalue weighted by Gasteiger charge is -2.09. The summed E-state index contributed by atoms with van der Waals surface area (Å²) in [5, 5.41) is 22.2. The second kappa shape index (κ2) is 8.75. The van der Waals surface area contributed by atoms with Crippen molar-refractivity contribution in [3.05, 3.63) is 66.2 Å². The van der Waals surface area contributed by atoms with Gasteiger partial charge in [-0.25, -0.2) is 0 Å². The molecular weight excluding hydrogens is 384 g/mol. The molecule has 1 aromatic heterocycles. The Labute approximate surface area is 165 Å². The van der Waals surface area contributed by atoms with Gasteiger partial charge in [0.25, 0.3) is 0 Å². The summed E-state index contributed by atoms with van der Waals surface area (Å²) in [5.41, 5.74) is 1.13. The van der Waals surface area contributed by atoms with Crippen LogP contribution in [-0.2, 0) is 11.3 Å². The Hall–Kier alpha value is -2.77. The molecule has 0 fully saturated rings. The van der Waals surface area contributed by atoms with E-state index in [1.54, 1.807) is 53.1 Å². The van der Waals surface area contributed by atoms with Gasteiger partial charge in [-0.15, -0.1) is 16.8 Å². The number of hydrogen-bond donors (Lipinski definition) is 2. The SMILES string of the molecule is C=CCn1c(SCC(=O)Nc2ccccc2Cl)nnc1-c1ccccc1O. The number of amides is 1. The van der Waals surface area contributed by atoms with E-state index in [-0.39, 0.29) is 17.4 Å². The van der Waals surface area contributed by atoms with E-state index in [1.165, 1.54) is 11.8 Å². The molecule has 0 aliphatic heterocycles. The van der Waals surface area contributed by atoms with Crippen LogP contribution in [0.2, 0.25) is 5.02 Å². The van der Waals surface area contributed by atoms with Gasteiger partial charge in [0.15, 0.2) is 11.0 Å². The van der Waals surface area contributed by atoms with Crippen LogP contribution >= 0.6 is 23.4 Å². The molecule has 138 valence electrons. The Bertz CT molecular complexity index is 974. The largest absolute Gasteiger partial charge is 0.507 e. The second-order valence-electron chi connectivity index (χ2n) is 5.54. The maximum atomic E-state index is 12.2. The van der Waals surface area contributed by atoms with Crippen molar-refractivity contribution in [3.63, 3.8) is 0 Å². The van der Waals surface area contributed by atoms with Gasteiger partial charge < -0.3 is 10.4 Å². The molecule has 0 saturated heterocycles. The van der Waals surface area contributed by atoms with Crippen molar-refractivity contribution in [2.45, 2.75) is 11.7 Å². The molecular formula is C19H17ClN4O2S.